The van der Waals surface area contributed by atoms with E-state index in [1.165, 1.54) is 0 Å². The number of allylic oxidation sites excluding steroid dienone is 2. The molecule has 2 aromatic carbocycles. The molecule has 1 N–H and O–H groups in total. The Morgan fingerprint density at radius 3 is 2.72 bits per heavy atom. The Morgan fingerprint density at radius 1 is 1.20 bits per heavy atom. The molecule has 0 amide bonds. The largest absolute Gasteiger partial charge is 0.377 e. The fraction of sp³-hybridized carbons (Fsp3) is 0.263. The van der Waals surface area contributed by atoms with Crippen LogP contribution in [0.4, 0.5) is 11.4 Å². The summed E-state index contributed by atoms with van der Waals surface area (Å²) in [7, 11) is 0. The van der Waals surface area contributed by atoms with Gasteiger partial charge in [0.15, 0.2) is 0 Å². The lowest BCUT2D eigenvalue weighted by Crippen LogP contribution is -2.29. The molecule has 2 aliphatic rings. The predicted molar refractivity (Wildman–Crippen MR) is 101 cm³/mol. The molecule has 3 unspecified atom stereocenters. The molecule has 1 aliphatic heterocycles. The normalized spacial score (nSPS) is 23.7. The summed E-state index contributed by atoms with van der Waals surface area (Å²) in [6.45, 7) is 1.90. The molecule has 0 bridgehead atoms. The highest BCUT2D eigenvalue weighted by Gasteiger charge is 2.40. The molecule has 4 rings (SSSR count). The van der Waals surface area contributed by atoms with Crippen LogP contribution in [0.2, 0.25) is 10.0 Å². The van der Waals surface area contributed by atoms with Gasteiger partial charge >= 0.3 is 0 Å². The Bertz CT molecular complexity index is 911. The van der Waals surface area contributed by atoms with Crippen LogP contribution in [0.25, 0.3) is 0 Å². The van der Waals surface area contributed by atoms with Gasteiger partial charge in [-0.05, 0) is 48.1 Å². The van der Waals surface area contributed by atoms with Crippen molar-refractivity contribution in [1.29, 1.82) is 0 Å². The monoisotopic (exact) mass is 374 g/mol. The lowest BCUT2D eigenvalue weighted by Gasteiger charge is -2.38. The third-order valence-electron chi connectivity index (χ3n) is 5.16. The number of nitro benzene ring substituents is 1. The molecule has 2 aromatic rings. The van der Waals surface area contributed by atoms with E-state index in [-0.39, 0.29) is 28.5 Å². The third-order valence-corrected chi connectivity index (χ3v) is 5.72. The third kappa shape index (κ3) is 2.70. The van der Waals surface area contributed by atoms with Crippen LogP contribution in [-0.2, 0) is 0 Å². The zero-order valence-electron chi connectivity index (χ0n) is 13.5. The van der Waals surface area contributed by atoms with Gasteiger partial charge in [-0.1, -0.05) is 41.4 Å². The number of halogens is 2. The molecular formula is C19H16Cl2N2O2. The van der Waals surface area contributed by atoms with Crippen molar-refractivity contribution in [1.82, 2.24) is 0 Å². The number of hydrogen-bond acceptors (Lipinski definition) is 3. The minimum atomic E-state index is -0.330. The van der Waals surface area contributed by atoms with Crippen molar-refractivity contribution in [3.8, 4) is 0 Å². The van der Waals surface area contributed by atoms with Gasteiger partial charge in [-0.25, -0.2) is 0 Å². The van der Waals surface area contributed by atoms with Crippen molar-refractivity contribution >= 4 is 34.6 Å². The number of hydrogen-bond donors (Lipinski definition) is 1. The Hall–Kier alpha value is -2.04. The van der Waals surface area contributed by atoms with Gasteiger partial charge in [0.25, 0.3) is 5.69 Å². The summed E-state index contributed by atoms with van der Waals surface area (Å²) < 4.78 is 0. The smallest absolute Gasteiger partial charge is 0.270 e. The van der Waals surface area contributed by atoms with E-state index in [0.717, 1.165) is 28.8 Å². The van der Waals surface area contributed by atoms with E-state index in [4.69, 9.17) is 23.2 Å². The van der Waals surface area contributed by atoms with Gasteiger partial charge in [0.1, 0.15) is 0 Å². The van der Waals surface area contributed by atoms with Crippen LogP contribution in [0, 0.1) is 23.0 Å². The Morgan fingerprint density at radius 2 is 2.00 bits per heavy atom. The molecular weight excluding hydrogens is 359 g/mol. The highest BCUT2D eigenvalue weighted by Crippen LogP contribution is 2.52. The van der Waals surface area contributed by atoms with Crippen LogP contribution in [0.1, 0.15) is 35.1 Å². The molecule has 1 heterocycles. The lowest BCUT2D eigenvalue weighted by molar-refractivity contribution is -0.385. The lowest BCUT2D eigenvalue weighted by atomic mass is 9.76. The molecule has 0 radical (unpaired) electrons. The fourth-order valence-corrected chi connectivity index (χ4v) is 4.56. The second kappa shape index (κ2) is 6.04. The van der Waals surface area contributed by atoms with Crippen LogP contribution in [0.5, 0.6) is 0 Å². The Balaban J connectivity index is 1.84. The fourth-order valence-electron chi connectivity index (χ4n) is 4.03. The van der Waals surface area contributed by atoms with Crippen LogP contribution >= 0.6 is 23.2 Å². The molecule has 128 valence electrons. The number of aryl methyl sites for hydroxylation is 1. The second-order valence-electron chi connectivity index (χ2n) is 6.63. The average Bonchev–Trinajstić information content (AvgIpc) is 3.04. The van der Waals surface area contributed by atoms with Gasteiger partial charge in [-0.2, -0.15) is 0 Å². The SMILES string of the molecule is Cc1cc([N+](=O)[O-])cc2c1NC(c1ccc(Cl)cc1Cl)C1CC=CC21. The molecule has 0 spiro atoms. The predicted octanol–water partition coefficient (Wildman–Crippen LogP) is 6.04. The van der Waals surface area contributed by atoms with E-state index >= 15 is 0 Å². The number of nitro groups is 1. The van der Waals surface area contributed by atoms with Gasteiger partial charge in [0.05, 0.1) is 11.0 Å². The van der Waals surface area contributed by atoms with Gasteiger partial charge in [-0.3, -0.25) is 10.1 Å². The van der Waals surface area contributed by atoms with Crippen molar-refractivity contribution in [3.63, 3.8) is 0 Å². The quantitative estimate of drug-likeness (QED) is 0.396. The number of nitrogens with one attached hydrogen (secondary N) is 1. The van der Waals surface area contributed by atoms with E-state index < -0.39 is 0 Å². The summed E-state index contributed by atoms with van der Waals surface area (Å²) in [5.74, 6) is 0.416. The maximum atomic E-state index is 11.2. The number of rotatable bonds is 2. The number of fused-ring (bicyclic) bond motifs is 3. The van der Waals surface area contributed by atoms with Crippen LogP contribution in [0.3, 0.4) is 0 Å². The summed E-state index contributed by atoms with van der Waals surface area (Å²) in [6, 6.07) is 8.92. The van der Waals surface area contributed by atoms with Crippen LogP contribution in [0.15, 0.2) is 42.5 Å². The van der Waals surface area contributed by atoms with E-state index in [1.807, 2.05) is 19.1 Å². The minimum absolute atomic E-state index is 0.0393. The highest BCUT2D eigenvalue weighted by atomic mass is 35.5. The van der Waals surface area contributed by atoms with E-state index in [9.17, 15) is 10.1 Å². The number of anilines is 1. The summed E-state index contributed by atoms with van der Waals surface area (Å²) in [5, 5.41) is 16.1. The standard InChI is InChI=1S/C19H16Cl2N2O2/c1-10-7-12(23(24)25)9-16-13-3-2-4-14(13)19(22-18(10)16)15-6-5-11(20)8-17(15)21/h2-3,5-9,13-14,19,22H,4H2,1H3. The van der Waals surface area contributed by atoms with Crippen molar-refractivity contribution in [2.24, 2.45) is 5.92 Å². The molecule has 1 aliphatic carbocycles. The maximum Gasteiger partial charge on any atom is 0.270 e. The number of nitrogens with zero attached hydrogens (tertiary/aromatic N) is 1. The topological polar surface area (TPSA) is 55.2 Å². The molecule has 0 saturated carbocycles. The van der Waals surface area contributed by atoms with Crippen molar-refractivity contribution in [3.05, 3.63) is 79.3 Å². The van der Waals surface area contributed by atoms with E-state index in [1.54, 1.807) is 18.2 Å². The van der Waals surface area contributed by atoms with Crippen LogP contribution in [-0.4, -0.2) is 4.92 Å². The van der Waals surface area contributed by atoms with Crippen molar-refractivity contribution in [2.75, 3.05) is 5.32 Å². The van der Waals surface area contributed by atoms with Gasteiger partial charge in [0.2, 0.25) is 0 Å². The number of non-ortho nitro benzene ring substituents is 1. The van der Waals surface area contributed by atoms with E-state index in [2.05, 4.69) is 17.5 Å². The minimum Gasteiger partial charge on any atom is -0.377 e. The Labute approximate surface area is 155 Å². The molecule has 0 fully saturated rings. The average molecular weight is 375 g/mol. The summed E-state index contributed by atoms with van der Waals surface area (Å²) in [5.41, 5.74) is 3.98. The summed E-state index contributed by atoms with van der Waals surface area (Å²) in [4.78, 5) is 10.9. The molecule has 4 nitrogen and oxygen atoms in total. The Kier molecular flexibility index (Phi) is 3.97. The second-order valence-corrected chi connectivity index (χ2v) is 7.47. The highest BCUT2D eigenvalue weighted by molar-refractivity contribution is 6.35. The van der Waals surface area contributed by atoms with E-state index in [0.29, 0.717) is 10.0 Å². The summed E-state index contributed by atoms with van der Waals surface area (Å²) >= 11 is 12.5. The molecule has 6 heteroatoms. The maximum absolute atomic E-state index is 11.2. The van der Waals surface area contributed by atoms with Gasteiger partial charge in [-0.15, -0.1) is 0 Å². The summed E-state index contributed by atoms with van der Waals surface area (Å²) in [6.07, 6.45) is 5.21. The molecule has 0 saturated heterocycles. The zero-order chi connectivity index (χ0) is 17.7. The van der Waals surface area contributed by atoms with Crippen LogP contribution < -0.4 is 5.32 Å². The molecule has 0 aromatic heterocycles. The first-order chi connectivity index (χ1) is 12.0. The van der Waals surface area contributed by atoms with Gasteiger partial charge in [0, 0.05) is 33.8 Å². The van der Waals surface area contributed by atoms with Crippen molar-refractivity contribution in [2.45, 2.75) is 25.3 Å². The molecule has 3 atom stereocenters. The molecule has 25 heavy (non-hydrogen) atoms. The zero-order valence-corrected chi connectivity index (χ0v) is 15.0. The van der Waals surface area contributed by atoms with Crippen molar-refractivity contribution < 1.29 is 4.92 Å². The first kappa shape index (κ1) is 16.4. The van der Waals surface area contributed by atoms with Gasteiger partial charge < -0.3 is 5.32 Å². The number of benzene rings is 2. The first-order valence-electron chi connectivity index (χ1n) is 8.13. The first-order valence-corrected chi connectivity index (χ1v) is 8.88.